The van der Waals surface area contributed by atoms with Gasteiger partial charge in [0.1, 0.15) is 11.6 Å². The summed E-state index contributed by atoms with van der Waals surface area (Å²) in [6.45, 7) is 5.92. The van der Waals surface area contributed by atoms with Crippen molar-refractivity contribution in [2.75, 3.05) is 18.4 Å². The molecule has 1 amide bonds. The van der Waals surface area contributed by atoms with Gasteiger partial charge in [-0.25, -0.2) is 8.78 Å². The molecule has 1 rings (SSSR count). The van der Waals surface area contributed by atoms with Crippen LogP contribution in [-0.4, -0.2) is 19.0 Å². The average molecular weight is 256 g/mol. The Morgan fingerprint density at radius 2 is 1.94 bits per heavy atom. The molecule has 0 aliphatic heterocycles. The fraction of sp³-hybridized carbons (Fsp3) is 0.462. The molecule has 0 aliphatic rings. The van der Waals surface area contributed by atoms with Gasteiger partial charge >= 0.3 is 0 Å². The van der Waals surface area contributed by atoms with Crippen molar-refractivity contribution in [3.63, 3.8) is 0 Å². The first kappa shape index (κ1) is 14.4. The van der Waals surface area contributed by atoms with E-state index in [9.17, 15) is 13.6 Å². The largest absolute Gasteiger partial charge is 0.374 e. The third kappa shape index (κ3) is 4.31. The van der Waals surface area contributed by atoms with Crippen molar-refractivity contribution in [3.8, 4) is 0 Å². The lowest BCUT2D eigenvalue weighted by molar-refractivity contribution is -0.119. The molecule has 0 unspecified atom stereocenters. The quantitative estimate of drug-likeness (QED) is 0.849. The maximum atomic E-state index is 13.4. The van der Waals surface area contributed by atoms with E-state index in [-0.39, 0.29) is 23.7 Å². The maximum Gasteiger partial charge on any atom is 0.239 e. The Morgan fingerprint density at radius 1 is 1.28 bits per heavy atom. The van der Waals surface area contributed by atoms with Crippen molar-refractivity contribution in [2.24, 2.45) is 5.92 Å². The molecule has 0 saturated carbocycles. The SMILES string of the molecule is Cc1cc(F)c(NCC(=O)NCC(C)C)cc1F. The maximum absolute atomic E-state index is 13.4. The summed E-state index contributed by atoms with van der Waals surface area (Å²) in [4.78, 5) is 11.4. The number of anilines is 1. The molecular formula is C13H18F2N2O. The molecule has 0 heterocycles. The van der Waals surface area contributed by atoms with Crippen LogP contribution < -0.4 is 10.6 Å². The van der Waals surface area contributed by atoms with Crippen molar-refractivity contribution in [2.45, 2.75) is 20.8 Å². The standard InChI is InChI=1S/C13H18F2N2O/c1-8(2)6-17-13(18)7-16-12-5-10(14)9(3)4-11(12)15/h4-5,8,16H,6-7H2,1-3H3,(H,17,18). The van der Waals surface area contributed by atoms with Crippen molar-refractivity contribution in [1.82, 2.24) is 5.32 Å². The van der Waals surface area contributed by atoms with Crippen LogP contribution in [0.4, 0.5) is 14.5 Å². The highest BCUT2D eigenvalue weighted by molar-refractivity contribution is 5.80. The first-order valence-corrected chi connectivity index (χ1v) is 5.86. The molecule has 0 aromatic heterocycles. The lowest BCUT2D eigenvalue weighted by atomic mass is 10.2. The number of nitrogens with one attached hydrogen (secondary N) is 2. The highest BCUT2D eigenvalue weighted by atomic mass is 19.1. The van der Waals surface area contributed by atoms with Gasteiger partial charge in [-0.1, -0.05) is 13.8 Å². The fourth-order valence-electron chi connectivity index (χ4n) is 1.34. The van der Waals surface area contributed by atoms with Crippen LogP contribution in [0.2, 0.25) is 0 Å². The summed E-state index contributed by atoms with van der Waals surface area (Å²) in [5, 5.41) is 5.26. The lowest BCUT2D eigenvalue weighted by Crippen LogP contribution is -2.32. The number of halogens is 2. The Morgan fingerprint density at radius 3 is 2.56 bits per heavy atom. The topological polar surface area (TPSA) is 41.1 Å². The van der Waals surface area contributed by atoms with E-state index in [1.807, 2.05) is 13.8 Å². The minimum absolute atomic E-state index is 0.00204. The summed E-state index contributed by atoms with van der Waals surface area (Å²) in [6.07, 6.45) is 0. The summed E-state index contributed by atoms with van der Waals surface area (Å²) in [5.41, 5.74) is 0.236. The summed E-state index contributed by atoms with van der Waals surface area (Å²) in [5.74, 6) is -0.960. The highest BCUT2D eigenvalue weighted by Gasteiger charge is 2.08. The molecule has 0 saturated heterocycles. The number of carbonyl (C=O) groups is 1. The van der Waals surface area contributed by atoms with E-state index in [2.05, 4.69) is 10.6 Å². The third-order valence-electron chi connectivity index (χ3n) is 2.40. The van der Waals surface area contributed by atoms with Gasteiger partial charge in [0, 0.05) is 12.6 Å². The summed E-state index contributed by atoms with van der Waals surface area (Å²) in [6, 6.07) is 2.16. The average Bonchev–Trinajstić information content (AvgIpc) is 2.29. The second-order valence-electron chi connectivity index (χ2n) is 4.63. The van der Waals surface area contributed by atoms with E-state index in [1.54, 1.807) is 0 Å². The van der Waals surface area contributed by atoms with E-state index in [4.69, 9.17) is 0 Å². The molecule has 0 atom stereocenters. The number of carbonyl (C=O) groups excluding carboxylic acids is 1. The smallest absolute Gasteiger partial charge is 0.239 e. The Hall–Kier alpha value is -1.65. The lowest BCUT2D eigenvalue weighted by Gasteiger charge is -2.10. The summed E-state index contributed by atoms with van der Waals surface area (Å²) >= 11 is 0. The minimum Gasteiger partial charge on any atom is -0.374 e. The van der Waals surface area contributed by atoms with E-state index >= 15 is 0 Å². The summed E-state index contributed by atoms with van der Waals surface area (Å²) < 4.78 is 26.7. The molecule has 18 heavy (non-hydrogen) atoms. The van der Waals surface area contributed by atoms with Crippen LogP contribution in [0.25, 0.3) is 0 Å². The van der Waals surface area contributed by atoms with Crippen molar-refractivity contribution < 1.29 is 13.6 Å². The number of hydrogen-bond donors (Lipinski definition) is 2. The number of rotatable bonds is 5. The molecule has 0 fully saturated rings. The van der Waals surface area contributed by atoms with Crippen molar-refractivity contribution in [3.05, 3.63) is 29.3 Å². The van der Waals surface area contributed by atoms with Crippen LogP contribution in [0.3, 0.4) is 0 Å². The normalized spacial score (nSPS) is 10.6. The van der Waals surface area contributed by atoms with Gasteiger partial charge < -0.3 is 10.6 Å². The molecule has 1 aromatic rings. The predicted octanol–water partition coefficient (Wildman–Crippen LogP) is 2.46. The molecule has 3 nitrogen and oxygen atoms in total. The van der Waals surface area contributed by atoms with Crippen LogP contribution in [0.1, 0.15) is 19.4 Å². The van der Waals surface area contributed by atoms with E-state index in [0.717, 1.165) is 12.1 Å². The van der Waals surface area contributed by atoms with Gasteiger partial charge in [0.15, 0.2) is 0 Å². The van der Waals surface area contributed by atoms with E-state index < -0.39 is 11.6 Å². The van der Waals surface area contributed by atoms with Crippen molar-refractivity contribution >= 4 is 11.6 Å². The van der Waals surface area contributed by atoms with Gasteiger partial charge in [-0.15, -0.1) is 0 Å². The van der Waals surface area contributed by atoms with Gasteiger partial charge in [-0.3, -0.25) is 4.79 Å². The molecule has 0 spiro atoms. The van der Waals surface area contributed by atoms with Gasteiger partial charge in [0.25, 0.3) is 0 Å². The number of amides is 1. The second kappa shape index (κ2) is 6.33. The molecule has 0 bridgehead atoms. The highest BCUT2D eigenvalue weighted by Crippen LogP contribution is 2.18. The van der Waals surface area contributed by atoms with E-state index in [1.165, 1.54) is 6.92 Å². The summed E-state index contributed by atoms with van der Waals surface area (Å²) in [7, 11) is 0. The van der Waals surface area contributed by atoms with Crippen LogP contribution in [0.15, 0.2) is 12.1 Å². The zero-order valence-electron chi connectivity index (χ0n) is 10.8. The first-order chi connectivity index (χ1) is 8.40. The van der Waals surface area contributed by atoms with Crippen molar-refractivity contribution in [1.29, 1.82) is 0 Å². The van der Waals surface area contributed by atoms with Crippen LogP contribution >= 0.6 is 0 Å². The van der Waals surface area contributed by atoms with Gasteiger partial charge in [0.2, 0.25) is 5.91 Å². The Kier molecular flexibility index (Phi) is 5.07. The molecule has 5 heteroatoms. The minimum atomic E-state index is -0.564. The van der Waals surface area contributed by atoms with Gasteiger partial charge in [0.05, 0.1) is 12.2 Å². The Balaban J connectivity index is 2.53. The monoisotopic (exact) mass is 256 g/mol. The zero-order valence-corrected chi connectivity index (χ0v) is 10.8. The van der Waals surface area contributed by atoms with Gasteiger partial charge in [-0.05, 0) is 24.5 Å². The second-order valence-corrected chi connectivity index (χ2v) is 4.63. The fourth-order valence-corrected chi connectivity index (χ4v) is 1.34. The number of benzene rings is 1. The van der Waals surface area contributed by atoms with Crippen LogP contribution in [-0.2, 0) is 4.79 Å². The molecular weight excluding hydrogens is 238 g/mol. The first-order valence-electron chi connectivity index (χ1n) is 5.86. The zero-order chi connectivity index (χ0) is 13.7. The molecule has 2 N–H and O–H groups in total. The molecule has 0 radical (unpaired) electrons. The van der Waals surface area contributed by atoms with E-state index in [0.29, 0.717) is 12.5 Å². The van der Waals surface area contributed by atoms with Gasteiger partial charge in [-0.2, -0.15) is 0 Å². The molecule has 100 valence electrons. The Labute approximate surface area is 106 Å². The number of aryl methyl sites for hydroxylation is 1. The number of hydrogen-bond acceptors (Lipinski definition) is 2. The molecule has 1 aromatic carbocycles. The Bertz CT molecular complexity index is 433. The van der Waals surface area contributed by atoms with Crippen LogP contribution in [0.5, 0.6) is 0 Å². The molecule has 0 aliphatic carbocycles. The predicted molar refractivity (Wildman–Crippen MR) is 67.4 cm³/mol. The third-order valence-corrected chi connectivity index (χ3v) is 2.40. The van der Waals surface area contributed by atoms with Crippen LogP contribution in [0, 0.1) is 24.5 Å².